The molecule has 2 N–H and O–H groups in total. The number of hydrogen-bond donors (Lipinski definition) is 2. The van der Waals surface area contributed by atoms with Crippen molar-refractivity contribution in [3.63, 3.8) is 0 Å². The second-order valence-electron chi connectivity index (χ2n) is 9.40. The molecule has 1 aliphatic rings. The topological polar surface area (TPSA) is 103 Å². The number of carbonyl (C=O) groups excluding carboxylic acids is 2. The number of nitrogens with zero attached hydrogens (tertiary/aromatic N) is 3. The Balaban J connectivity index is 1.54. The van der Waals surface area contributed by atoms with Crippen molar-refractivity contribution in [3.8, 4) is 6.07 Å². The Hall–Kier alpha value is -3.83. The first-order chi connectivity index (χ1) is 17.4. The molecule has 0 spiro atoms. The van der Waals surface area contributed by atoms with Gasteiger partial charge in [0.25, 0.3) is 5.91 Å². The highest BCUT2D eigenvalue weighted by atomic mass is 16.3. The highest BCUT2D eigenvalue weighted by Crippen LogP contribution is 2.37. The van der Waals surface area contributed by atoms with E-state index in [1.54, 1.807) is 25.4 Å². The van der Waals surface area contributed by atoms with Gasteiger partial charge in [-0.1, -0.05) is 25.0 Å². The van der Waals surface area contributed by atoms with Gasteiger partial charge in [0.2, 0.25) is 5.91 Å². The summed E-state index contributed by atoms with van der Waals surface area (Å²) < 4.78 is 7.70. The van der Waals surface area contributed by atoms with Gasteiger partial charge in [0.05, 0.1) is 24.9 Å². The standard InChI is InChI=1S/C28H33N5O3/c1-19-20(2)33(23-7-4-5-8-23)27(25(19)15-29)31-26(34)18-32(17-24-9-6-14-36-24)16-21-10-12-22(13-11-21)28(35)30-3/h6,9-14,23H,4-5,7-8,16-18H2,1-3H3,(H,30,35)(H,31,34). The molecule has 1 aliphatic carbocycles. The highest BCUT2D eigenvalue weighted by Gasteiger charge is 2.27. The summed E-state index contributed by atoms with van der Waals surface area (Å²) in [5, 5.41) is 15.5. The zero-order valence-electron chi connectivity index (χ0n) is 21.1. The minimum atomic E-state index is -0.184. The van der Waals surface area contributed by atoms with Gasteiger partial charge in [0, 0.05) is 30.9 Å². The molecule has 0 atom stereocenters. The Morgan fingerprint density at radius 1 is 1.14 bits per heavy atom. The maximum atomic E-state index is 13.3. The fourth-order valence-corrected chi connectivity index (χ4v) is 5.04. The first-order valence-corrected chi connectivity index (χ1v) is 12.4. The first-order valence-electron chi connectivity index (χ1n) is 12.4. The van der Waals surface area contributed by atoms with Crippen LogP contribution in [0.1, 0.15) is 70.2 Å². The van der Waals surface area contributed by atoms with E-state index in [4.69, 9.17) is 4.42 Å². The Kier molecular flexibility index (Phi) is 7.91. The van der Waals surface area contributed by atoms with Crippen molar-refractivity contribution in [1.82, 2.24) is 14.8 Å². The fraction of sp³-hybridized carbons (Fsp3) is 0.393. The van der Waals surface area contributed by atoms with Crippen LogP contribution in [0.2, 0.25) is 0 Å². The molecular weight excluding hydrogens is 454 g/mol. The Morgan fingerprint density at radius 2 is 1.86 bits per heavy atom. The Labute approximate surface area is 211 Å². The van der Waals surface area contributed by atoms with E-state index in [9.17, 15) is 14.9 Å². The summed E-state index contributed by atoms with van der Waals surface area (Å²) in [7, 11) is 1.60. The van der Waals surface area contributed by atoms with E-state index in [0.717, 1.165) is 48.3 Å². The van der Waals surface area contributed by atoms with Gasteiger partial charge in [-0.05, 0) is 62.1 Å². The molecule has 0 unspecified atom stereocenters. The smallest absolute Gasteiger partial charge is 0.251 e. The molecule has 36 heavy (non-hydrogen) atoms. The van der Waals surface area contributed by atoms with E-state index in [1.807, 2.05) is 43.0 Å². The molecule has 188 valence electrons. The lowest BCUT2D eigenvalue weighted by Gasteiger charge is -2.23. The second-order valence-corrected chi connectivity index (χ2v) is 9.40. The third-order valence-corrected chi connectivity index (χ3v) is 6.99. The van der Waals surface area contributed by atoms with E-state index in [1.165, 1.54) is 0 Å². The van der Waals surface area contributed by atoms with Crippen LogP contribution in [0.4, 0.5) is 5.82 Å². The minimum Gasteiger partial charge on any atom is -0.468 e. The molecule has 1 fully saturated rings. The van der Waals surface area contributed by atoms with Gasteiger partial charge < -0.3 is 19.6 Å². The number of carbonyl (C=O) groups is 2. The average Bonchev–Trinajstić information content (AvgIpc) is 3.62. The number of rotatable bonds is 9. The lowest BCUT2D eigenvalue weighted by Crippen LogP contribution is -2.33. The number of amides is 2. The fourth-order valence-electron chi connectivity index (χ4n) is 5.04. The van der Waals surface area contributed by atoms with E-state index >= 15 is 0 Å². The van der Waals surface area contributed by atoms with Gasteiger partial charge in [0.15, 0.2) is 0 Å². The van der Waals surface area contributed by atoms with Crippen LogP contribution >= 0.6 is 0 Å². The number of furan rings is 1. The summed E-state index contributed by atoms with van der Waals surface area (Å²) >= 11 is 0. The molecule has 8 heteroatoms. The lowest BCUT2D eigenvalue weighted by atomic mass is 10.1. The molecule has 0 radical (unpaired) electrons. The van der Waals surface area contributed by atoms with E-state index in [2.05, 4.69) is 21.3 Å². The molecule has 3 aromatic rings. The maximum Gasteiger partial charge on any atom is 0.251 e. The summed E-state index contributed by atoms with van der Waals surface area (Å²) in [6, 6.07) is 13.7. The maximum absolute atomic E-state index is 13.3. The summed E-state index contributed by atoms with van der Waals surface area (Å²) in [6.07, 6.45) is 6.04. The number of anilines is 1. The van der Waals surface area contributed by atoms with Gasteiger partial charge in [0.1, 0.15) is 17.6 Å². The number of aromatic nitrogens is 1. The Morgan fingerprint density at radius 3 is 2.47 bits per heavy atom. The lowest BCUT2D eigenvalue weighted by molar-refractivity contribution is -0.117. The predicted molar refractivity (Wildman–Crippen MR) is 137 cm³/mol. The minimum absolute atomic E-state index is 0.122. The molecule has 4 rings (SSSR count). The van der Waals surface area contributed by atoms with Crippen LogP contribution in [-0.2, 0) is 17.9 Å². The molecule has 2 aromatic heterocycles. The summed E-state index contributed by atoms with van der Waals surface area (Å²) in [6.45, 7) is 5.03. The van der Waals surface area contributed by atoms with Crippen molar-refractivity contribution in [2.24, 2.45) is 0 Å². The Bertz CT molecular complexity index is 1250. The molecular formula is C28H33N5O3. The van der Waals surface area contributed by atoms with E-state index in [-0.39, 0.29) is 18.4 Å². The third-order valence-electron chi connectivity index (χ3n) is 6.99. The second kappa shape index (κ2) is 11.3. The highest BCUT2D eigenvalue weighted by molar-refractivity contribution is 5.94. The first kappa shape index (κ1) is 25.3. The van der Waals surface area contributed by atoms with Crippen LogP contribution in [-0.4, -0.2) is 34.9 Å². The van der Waals surface area contributed by atoms with E-state index in [0.29, 0.717) is 36.1 Å². The van der Waals surface area contributed by atoms with Crippen LogP contribution in [0.25, 0.3) is 0 Å². The van der Waals surface area contributed by atoms with Crippen molar-refractivity contribution in [2.75, 3.05) is 18.9 Å². The SMILES string of the molecule is CNC(=O)c1ccc(CN(CC(=O)Nc2c(C#N)c(C)c(C)n2C2CCCC2)Cc2ccco2)cc1. The van der Waals surface area contributed by atoms with Gasteiger partial charge in [-0.2, -0.15) is 5.26 Å². The van der Waals surface area contributed by atoms with Crippen molar-refractivity contribution < 1.29 is 14.0 Å². The zero-order chi connectivity index (χ0) is 25.7. The summed E-state index contributed by atoms with van der Waals surface area (Å²) in [5.41, 5.74) is 4.05. The average molecular weight is 488 g/mol. The number of benzene rings is 1. The van der Waals surface area contributed by atoms with Crippen LogP contribution < -0.4 is 10.6 Å². The van der Waals surface area contributed by atoms with Gasteiger partial charge in [-0.25, -0.2) is 0 Å². The molecule has 2 heterocycles. The summed E-state index contributed by atoms with van der Waals surface area (Å²) in [5.74, 6) is 1.04. The van der Waals surface area contributed by atoms with Gasteiger partial charge in [-0.15, -0.1) is 0 Å². The summed E-state index contributed by atoms with van der Waals surface area (Å²) in [4.78, 5) is 27.2. The van der Waals surface area contributed by atoms with Gasteiger partial charge in [-0.3, -0.25) is 14.5 Å². The zero-order valence-corrected chi connectivity index (χ0v) is 21.1. The predicted octanol–water partition coefficient (Wildman–Crippen LogP) is 4.69. The molecule has 8 nitrogen and oxygen atoms in total. The van der Waals surface area contributed by atoms with Crippen LogP contribution in [0, 0.1) is 25.2 Å². The quantitative estimate of drug-likeness (QED) is 0.456. The van der Waals surface area contributed by atoms with Crippen molar-refractivity contribution in [1.29, 1.82) is 5.26 Å². The molecule has 1 saturated carbocycles. The van der Waals surface area contributed by atoms with E-state index < -0.39 is 0 Å². The third kappa shape index (κ3) is 5.52. The normalized spacial score (nSPS) is 13.6. The molecule has 1 aromatic carbocycles. The number of hydrogen-bond acceptors (Lipinski definition) is 5. The monoisotopic (exact) mass is 487 g/mol. The van der Waals surface area contributed by atoms with Crippen LogP contribution in [0.3, 0.4) is 0 Å². The molecule has 0 bridgehead atoms. The number of nitrogens with one attached hydrogen (secondary N) is 2. The van der Waals surface area contributed by atoms with Gasteiger partial charge >= 0.3 is 0 Å². The molecule has 0 aliphatic heterocycles. The van der Waals surface area contributed by atoms with Crippen molar-refractivity contribution in [2.45, 2.75) is 58.7 Å². The largest absolute Gasteiger partial charge is 0.468 e. The van der Waals surface area contributed by atoms with Crippen molar-refractivity contribution >= 4 is 17.6 Å². The van der Waals surface area contributed by atoms with Crippen LogP contribution in [0.15, 0.2) is 47.1 Å². The number of nitriles is 1. The van der Waals surface area contributed by atoms with Crippen molar-refractivity contribution in [3.05, 3.63) is 76.4 Å². The molecule has 0 saturated heterocycles. The molecule has 2 amide bonds. The van der Waals surface area contributed by atoms with Crippen LogP contribution in [0.5, 0.6) is 0 Å².